The van der Waals surface area contributed by atoms with Gasteiger partial charge in [-0.15, -0.1) is 0 Å². The standard InChI is InChI=1S/C14H13ClN2/c1-11-7-12(9-13(15)8-11)10-16-17-14-5-3-2-4-6-14/h2-10,17H,1H3/b16-10-. The number of hydrogen-bond donors (Lipinski definition) is 1. The summed E-state index contributed by atoms with van der Waals surface area (Å²) in [4.78, 5) is 0. The molecule has 1 N–H and O–H groups in total. The largest absolute Gasteiger partial charge is 0.279 e. The van der Waals surface area contributed by atoms with E-state index in [1.807, 2.05) is 55.5 Å². The van der Waals surface area contributed by atoms with Gasteiger partial charge in [-0.2, -0.15) is 5.10 Å². The van der Waals surface area contributed by atoms with Crippen molar-refractivity contribution < 1.29 is 0 Å². The SMILES string of the molecule is Cc1cc(Cl)cc(/C=N\Nc2ccccc2)c1. The summed E-state index contributed by atoms with van der Waals surface area (Å²) in [6, 6.07) is 15.6. The van der Waals surface area contributed by atoms with E-state index < -0.39 is 0 Å². The van der Waals surface area contributed by atoms with Crippen LogP contribution in [0.2, 0.25) is 5.02 Å². The molecule has 2 rings (SSSR count). The molecule has 0 fully saturated rings. The summed E-state index contributed by atoms with van der Waals surface area (Å²) in [5.74, 6) is 0. The second-order valence-corrected chi connectivity index (χ2v) is 4.23. The molecule has 3 heteroatoms. The van der Waals surface area contributed by atoms with Gasteiger partial charge in [-0.25, -0.2) is 0 Å². The van der Waals surface area contributed by atoms with Crippen LogP contribution in [0, 0.1) is 6.92 Å². The van der Waals surface area contributed by atoms with Crippen molar-refractivity contribution >= 4 is 23.5 Å². The van der Waals surface area contributed by atoms with Crippen molar-refractivity contribution in [1.29, 1.82) is 0 Å². The van der Waals surface area contributed by atoms with Crippen molar-refractivity contribution in [2.24, 2.45) is 5.10 Å². The van der Waals surface area contributed by atoms with Crippen LogP contribution in [0.1, 0.15) is 11.1 Å². The molecule has 86 valence electrons. The minimum Gasteiger partial charge on any atom is -0.279 e. The molecule has 0 aliphatic carbocycles. The molecular formula is C14H13ClN2. The van der Waals surface area contributed by atoms with Crippen LogP contribution in [-0.2, 0) is 0 Å². The van der Waals surface area contributed by atoms with Gasteiger partial charge in [0.05, 0.1) is 11.9 Å². The zero-order valence-corrected chi connectivity index (χ0v) is 10.3. The fraction of sp³-hybridized carbons (Fsp3) is 0.0714. The normalized spacial score (nSPS) is 10.7. The van der Waals surface area contributed by atoms with Gasteiger partial charge < -0.3 is 0 Å². The summed E-state index contributed by atoms with van der Waals surface area (Å²) in [7, 11) is 0. The summed E-state index contributed by atoms with van der Waals surface area (Å²) < 4.78 is 0. The highest BCUT2D eigenvalue weighted by atomic mass is 35.5. The van der Waals surface area contributed by atoms with E-state index in [1.165, 1.54) is 0 Å². The van der Waals surface area contributed by atoms with Gasteiger partial charge in [0.15, 0.2) is 0 Å². The van der Waals surface area contributed by atoms with Gasteiger partial charge >= 0.3 is 0 Å². The molecule has 17 heavy (non-hydrogen) atoms. The molecule has 0 aliphatic rings. The van der Waals surface area contributed by atoms with E-state index in [9.17, 15) is 0 Å². The predicted molar refractivity (Wildman–Crippen MR) is 73.8 cm³/mol. The number of hydrogen-bond acceptors (Lipinski definition) is 2. The Morgan fingerprint density at radius 3 is 2.59 bits per heavy atom. The number of hydrazone groups is 1. The quantitative estimate of drug-likeness (QED) is 0.638. The topological polar surface area (TPSA) is 24.4 Å². The number of halogens is 1. The molecule has 0 saturated heterocycles. The highest BCUT2D eigenvalue weighted by Crippen LogP contribution is 2.13. The van der Waals surface area contributed by atoms with Crippen LogP contribution in [0.15, 0.2) is 53.6 Å². The van der Waals surface area contributed by atoms with Crippen molar-refractivity contribution in [2.45, 2.75) is 6.92 Å². The first-order valence-electron chi connectivity index (χ1n) is 5.35. The minimum atomic E-state index is 0.728. The Bertz CT molecular complexity index is 501. The van der Waals surface area contributed by atoms with Crippen LogP contribution in [0.3, 0.4) is 0 Å². The molecule has 0 bridgehead atoms. The monoisotopic (exact) mass is 244 g/mol. The van der Waals surface area contributed by atoms with Gasteiger partial charge in [0.2, 0.25) is 0 Å². The second-order valence-electron chi connectivity index (χ2n) is 3.80. The number of nitrogens with one attached hydrogen (secondary N) is 1. The van der Waals surface area contributed by atoms with Crippen LogP contribution >= 0.6 is 11.6 Å². The minimum absolute atomic E-state index is 0.728. The molecule has 0 aromatic heterocycles. The number of nitrogens with zero attached hydrogens (tertiary/aromatic N) is 1. The Kier molecular flexibility index (Phi) is 3.78. The molecule has 2 aromatic rings. The lowest BCUT2D eigenvalue weighted by Crippen LogP contribution is -1.90. The van der Waals surface area contributed by atoms with E-state index in [0.29, 0.717) is 0 Å². The predicted octanol–water partition coefficient (Wildman–Crippen LogP) is 4.09. The summed E-state index contributed by atoms with van der Waals surface area (Å²) in [6.07, 6.45) is 1.76. The third kappa shape index (κ3) is 3.61. The Labute approximate surface area is 106 Å². The van der Waals surface area contributed by atoms with Crippen LogP contribution in [0.5, 0.6) is 0 Å². The first kappa shape index (κ1) is 11.7. The lowest BCUT2D eigenvalue weighted by atomic mass is 10.1. The van der Waals surface area contributed by atoms with Crippen molar-refractivity contribution in [1.82, 2.24) is 0 Å². The molecule has 0 saturated carbocycles. The summed E-state index contributed by atoms with van der Waals surface area (Å²) >= 11 is 5.96. The van der Waals surface area contributed by atoms with Crippen LogP contribution in [-0.4, -0.2) is 6.21 Å². The van der Waals surface area contributed by atoms with E-state index in [0.717, 1.165) is 21.8 Å². The van der Waals surface area contributed by atoms with Crippen LogP contribution in [0.4, 0.5) is 5.69 Å². The fourth-order valence-electron chi connectivity index (χ4n) is 1.53. The lowest BCUT2D eigenvalue weighted by Gasteiger charge is -2.00. The maximum atomic E-state index is 5.96. The van der Waals surface area contributed by atoms with Gasteiger partial charge in [-0.3, -0.25) is 5.43 Å². The average Bonchev–Trinajstić information content (AvgIpc) is 2.29. The molecule has 0 spiro atoms. The van der Waals surface area contributed by atoms with E-state index >= 15 is 0 Å². The van der Waals surface area contributed by atoms with E-state index in [1.54, 1.807) is 6.21 Å². The number of anilines is 1. The molecule has 2 nitrogen and oxygen atoms in total. The molecular weight excluding hydrogens is 232 g/mol. The zero-order chi connectivity index (χ0) is 12.1. The smallest absolute Gasteiger partial charge is 0.0561 e. The third-order valence-electron chi connectivity index (χ3n) is 2.25. The molecule has 0 atom stereocenters. The Morgan fingerprint density at radius 1 is 1.12 bits per heavy atom. The molecule has 0 aliphatic heterocycles. The first-order chi connectivity index (χ1) is 8.24. The summed E-state index contributed by atoms with van der Waals surface area (Å²) in [5.41, 5.74) is 6.03. The third-order valence-corrected chi connectivity index (χ3v) is 2.46. The Balaban J connectivity index is 2.06. The van der Waals surface area contributed by atoms with E-state index in [-0.39, 0.29) is 0 Å². The van der Waals surface area contributed by atoms with Gasteiger partial charge in [-0.05, 0) is 42.3 Å². The van der Waals surface area contributed by atoms with Crippen molar-refractivity contribution in [3.63, 3.8) is 0 Å². The highest BCUT2D eigenvalue weighted by molar-refractivity contribution is 6.30. The average molecular weight is 245 g/mol. The van der Waals surface area contributed by atoms with Crippen molar-refractivity contribution in [2.75, 3.05) is 5.43 Å². The maximum absolute atomic E-state index is 5.96. The number of aryl methyl sites for hydroxylation is 1. The molecule has 0 heterocycles. The number of benzene rings is 2. The van der Waals surface area contributed by atoms with Gasteiger partial charge in [0.25, 0.3) is 0 Å². The number of para-hydroxylation sites is 1. The lowest BCUT2D eigenvalue weighted by molar-refractivity contribution is 1.35. The van der Waals surface area contributed by atoms with Crippen molar-refractivity contribution in [3.8, 4) is 0 Å². The number of rotatable bonds is 3. The molecule has 0 radical (unpaired) electrons. The molecule has 0 unspecified atom stereocenters. The zero-order valence-electron chi connectivity index (χ0n) is 9.52. The highest BCUT2D eigenvalue weighted by Gasteiger charge is 1.93. The molecule has 2 aromatic carbocycles. The first-order valence-corrected chi connectivity index (χ1v) is 5.73. The summed E-state index contributed by atoms with van der Waals surface area (Å²) in [6.45, 7) is 2.01. The van der Waals surface area contributed by atoms with Crippen molar-refractivity contribution in [3.05, 3.63) is 64.7 Å². The van der Waals surface area contributed by atoms with Crippen LogP contribution < -0.4 is 5.43 Å². The van der Waals surface area contributed by atoms with Crippen LogP contribution in [0.25, 0.3) is 0 Å². The fourth-order valence-corrected chi connectivity index (χ4v) is 1.83. The maximum Gasteiger partial charge on any atom is 0.0561 e. The van der Waals surface area contributed by atoms with Gasteiger partial charge in [-0.1, -0.05) is 35.9 Å². The van der Waals surface area contributed by atoms with Gasteiger partial charge in [0.1, 0.15) is 0 Å². The van der Waals surface area contributed by atoms with Gasteiger partial charge in [0, 0.05) is 5.02 Å². The molecule has 0 amide bonds. The Hall–Kier alpha value is -1.80. The van der Waals surface area contributed by atoms with E-state index in [2.05, 4.69) is 10.5 Å². The summed E-state index contributed by atoms with van der Waals surface area (Å²) in [5, 5.41) is 4.89. The second kappa shape index (κ2) is 5.51. The Morgan fingerprint density at radius 2 is 1.88 bits per heavy atom. The van der Waals surface area contributed by atoms with E-state index in [4.69, 9.17) is 11.6 Å².